The number of carbonyl (C=O) groups is 2. The standard InChI is InChI=1S/C28H46O4/c1-3-5-17-27(19-11-7-12-20-27)31-25(29)23-15-9-10-16-24(23)26(30)32-28(18-6-4-2)21-13-8-14-22-28/h9-10,23-24H,3-8,11-22H2,1-2H3. The van der Waals surface area contributed by atoms with Gasteiger partial charge in [-0.3, -0.25) is 9.59 Å². The Morgan fingerprint density at radius 2 is 1.06 bits per heavy atom. The van der Waals surface area contributed by atoms with Crippen LogP contribution in [0.4, 0.5) is 0 Å². The molecule has 0 amide bonds. The van der Waals surface area contributed by atoms with Crippen molar-refractivity contribution < 1.29 is 19.1 Å². The Balaban J connectivity index is 1.69. The van der Waals surface area contributed by atoms with Crippen LogP contribution in [0, 0.1) is 11.8 Å². The van der Waals surface area contributed by atoms with Crippen LogP contribution < -0.4 is 0 Å². The summed E-state index contributed by atoms with van der Waals surface area (Å²) in [4.78, 5) is 26.9. The monoisotopic (exact) mass is 446 g/mol. The fourth-order valence-electron chi connectivity index (χ4n) is 6.11. The summed E-state index contributed by atoms with van der Waals surface area (Å²) in [5.41, 5.74) is -0.626. The molecule has 182 valence electrons. The van der Waals surface area contributed by atoms with Crippen LogP contribution in [0.1, 0.15) is 129 Å². The summed E-state index contributed by atoms with van der Waals surface area (Å²) in [7, 11) is 0. The number of unbranched alkanes of at least 4 members (excludes halogenated alkanes) is 2. The summed E-state index contributed by atoms with van der Waals surface area (Å²) in [6.45, 7) is 4.38. The lowest BCUT2D eigenvalue weighted by Crippen LogP contribution is -2.44. The van der Waals surface area contributed by atoms with E-state index in [0.717, 1.165) is 89.9 Å². The van der Waals surface area contributed by atoms with Gasteiger partial charge in [-0.05, 0) is 89.9 Å². The molecule has 2 atom stereocenters. The molecule has 32 heavy (non-hydrogen) atoms. The maximum Gasteiger partial charge on any atom is 0.310 e. The summed E-state index contributed by atoms with van der Waals surface area (Å²) < 4.78 is 12.6. The summed E-state index contributed by atoms with van der Waals surface area (Å²) in [5, 5.41) is 0. The van der Waals surface area contributed by atoms with Gasteiger partial charge >= 0.3 is 11.9 Å². The molecule has 0 spiro atoms. The fraction of sp³-hybridized carbons (Fsp3) is 0.857. The normalized spacial score (nSPS) is 26.9. The minimum Gasteiger partial charge on any atom is -0.459 e. The molecule has 3 rings (SSSR count). The third kappa shape index (κ3) is 6.60. The number of esters is 2. The molecule has 0 N–H and O–H groups in total. The van der Waals surface area contributed by atoms with Gasteiger partial charge in [-0.15, -0.1) is 0 Å². The highest BCUT2D eigenvalue weighted by molar-refractivity contribution is 5.83. The zero-order valence-corrected chi connectivity index (χ0v) is 20.7. The largest absolute Gasteiger partial charge is 0.459 e. The van der Waals surface area contributed by atoms with Crippen molar-refractivity contribution in [2.45, 2.75) is 141 Å². The second-order valence-electron chi connectivity index (χ2n) is 10.7. The van der Waals surface area contributed by atoms with Crippen molar-refractivity contribution in [3.8, 4) is 0 Å². The molecule has 0 aromatic heterocycles. The Bertz CT molecular complexity index is 571. The van der Waals surface area contributed by atoms with Gasteiger partial charge in [0.05, 0.1) is 11.8 Å². The van der Waals surface area contributed by atoms with Gasteiger partial charge in [0.2, 0.25) is 0 Å². The van der Waals surface area contributed by atoms with Crippen LogP contribution in [-0.2, 0) is 19.1 Å². The van der Waals surface area contributed by atoms with E-state index >= 15 is 0 Å². The summed E-state index contributed by atoms with van der Waals surface area (Å²) in [6.07, 6.45) is 22.4. The van der Waals surface area contributed by atoms with Crippen molar-refractivity contribution in [1.82, 2.24) is 0 Å². The number of rotatable bonds is 10. The van der Waals surface area contributed by atoms with Crippen LogP contribution in [0.2, 0.25) is 0 Å². The third-order valence-corrected chi connectivity index (χ3v) is 8.17. The average molecular weight is 447 g/mol. The molecule has 2 fully saturated rings. The molecule has 4 nitrogen and oxygen atoms in total. The van der Waals surface area contributed by atoms with E-state index < -0.39 is 11.8 Å². The Labute approximate surface area is 195 Å². The Kier molecular flexibility index (Phi) is 9.67. The van der Waals surface area contributed by atoms with E-state index in [1.165, 1.54) is 12.8 Å². The van der Waals surface area contributed by atoms with Gasteiger partial charge in [0.25, 0.3) is 0 Å². The molecule has 2 unspecified atom stereocenters. The molecule has 0 heterocycles. The minimum atomic E-state index is -0.403. The molecule has 0 bridgehead atoms. The molecule has 0 aromatic carbocycles. The van der Waals surface area contributed by atoms with Gasteiger partial charge in [0.15, 0.2) is 0 Å². The van der Waals surface area contributed by atoms with Gasteiger partial charge in [-0.1, -0.05) is 51.7 Å². The zero-order chi connectivity index (χ0) is 22.9. The van der Waals surface area contributed by atoms with Crippen LogP contribution in [0.3, 0.4) is 0 Å². The fourth-order valence-corrected chi connectivity index (χ4v) is 6.11. The van der Waals surface area contributed by atoms with Gasteiger partial charge in [-0.2, -0.15) is 0 Å². The molecule has 0 aliphatic heterocycles. The second-order valence-corrected chi connectivity index (χ2v) is 10.7. The van der Waals surface area contributed by atoms with Crippen molar-refractivity contribution in [3.63, 3.8) is 0 Å². The lowest BCUT2D eigenvalue weighted by molar-refractivity contribution is -0.183. The highest BCUT2D eigenvalue weighted by Crippen LogP contribution is 2.41. The Hall–Kier alpha value is -1.32. The highest BCUT2D eigenvalue weighted by Gasteiger charge is 2.44. The number of hydrogen-bond acceptors (Lipinski definition) is 4. The molecule has 3 aliphatic carbocycles. The first-order valence-corrected chi connectivity index (χ1v) is 13.6. The zero-order valence-electron chi connectivity index (χ0n) is 20.7. The van der Waals surface area contributed by atoms with Crippen LogP contribution in [0.5, 0.6) is 0 Å². The number of ether oxygens (including phenoxy) is 2. The predicted molar refractivity (Wildman–Crippen MR) is 128 cm³/mol. The van der Waals surface area contributed by atoms with Crippen LogP contribution in [0.25, 0.3) is 0 Å². The van der Waals surface area contributed by atoms with Gasteiger partial charge in [-0.25, -0.2) is 0 Å². The lowest BCUT2D eigenvalue weighted by atomic mass is 9.79. The summed E-state index contributed by atoms with van der Waals surface area (Å²) in [5.74, 6) is -1.14. The molecule has 4 heteroatoms. The van der Waals surface area contributed by atoms with E-state index in [0.29, 0.717) is 12.8 Å². The first-order chi connectivity index (χ1) is 15.5. The Morgan fingerprint density at radius 3 is 1.41 bits per heavy atom. The van der Waals surface area contributed by atoms with Crippen molar-refractivity contribution in [2.24, 2.45) is 11.8 Å². The molecule has 0 radical (unpaired) electrons. The topological polar surface area (TPSA) is 52.6 Å². The van der Waals surface area contributed by atoms with E-state index in [1.807, 2.05) is 12.2 Å². The minimum absolute atomic E-state index is 0.166. The van der Waals surface area contributed by atoms with E-state index in [-0.39, 0.29) is 23.1 Å². The van der Waals surface area contributed by atoms with Crippen molar-refractivity contribution in [2.75, 3.05) is 0 Å². The van der Waals surface area contributed by atoms with Crippen LogP contribution in [0.15, 0.2) is 12.2 Å². The van der Waals surface area contributed by atoms with Crippen molar-refractivity contribution in [1.29, 1.82) is 0 Å². The molecular formula is C28H46O4. The van der Waals surface area contributed by atoms with Gasteiger partial charge in [0, 0.05) is 0 Å². The molecule has 0 saturated heterocycles. The maximum absolute atomic E-state index is 13.4. The van der Waals surface area contributed by atoms with E-state index in [9.17, 15) is 9.59 Å². The third-order valence-electron chi connectivity index (χ3n) is 8.17. The molecule has 3 aliphatic rings. The van der Waals surface area contributed by atoms with E-state index in [2.05, 4.69) is 13.8 Å². The predicted octanol–water partition coefficient (Wildman–Crippen LogP) is 7.44. The van der Waals surface area contributed by atoms with Crippen molar-refractivity contribution >= 4 is 11.9 Å². The maximum atomic E-state index is 13.4. The first-order valence-electron chi connectivity index (χ1n) is 13.6. The first kappa shape index (κ1) is 25.3. The SMILES string of the molecule is CCCCC1(OC(=O)C2CC=CCC2C(=O)OC2(CCCC)CCCCC2)CCCCC1. The number of carbonyl (C=O) groups excluding carboxylic acids is 2. The summed E-state index contributed by atoms with van der Waals surface area (Å²) in [6, 6.07) is 0. The molecule has 2 saturated carbocycles. The van der Waals surface area contributed by atoms with Crippen molar-refractivity contribution in [3.05, 3.63) is 12.2 Å². The van der Waals surface area contributed by atoms with Crippen LogP contribution in [-0.4, -0.2) is 23.1 Å². The summed E-state index contributed by atoms with van der Waals surface area (Å²) >= 11 is 0. The molecular weight excluding hydrogens is 400 g/mol. The number of hydrogen-bond donors (Lipinski definition) is 0. The second kappa shape index (κ2) is 12.2. The Morgan fingerprint density at radius 1 is 0.688 bits per heavy atom. The van der Waals surface area contributed by atoms with E-state index in [4.69, 9.17) is 9.47 Å². The number of allylic oxidation sites excluding steroid dienone is 2. The van der Waals surface area contributed by atoms with E-state index in [1.54, 1.807) is 0 Å². The lowest BCUT2D eigenvalue weighted by Gasteiger charge is -2.40. The van der Waals surface area contributed by atoms with Gasteiger partial charge in [0.1, 0.15) is 11.2 Å². The van der Waals surface area contributed by atoms with Gasteiger partial charge < -0.3 is 9.47 Å². The quantitative estimate of drug-likeness (QED) is 0.258. The average Bonchev–Trinajstić information content (AvgIpc) is 2.82. The molecule has 0 aromatic rings. The highest BCUT2D eigenvalue weighted by atomic mass is 16.6. The van der Waals surface area contributed by atoms with Crippen LogP contribution >= 0.6 is 0 Å². The smallest absolute Gasteiger partial charge is 0.310 e.